The monoisotopic (exact) mass is 605 g/mol. The Hall–Kier alpha value is -3.77. The number of nitrogens with zero attached hydrogens (tertiary/aromatic N) is 6. The first-order valence-corrected chi connectivity index (χ1v) is 16.9. The summed E-state index contributed by atoms with van der Waals surface area (Å²) < 4.78 is 23.9. The average Bonchev–Trinajstić information content (AvgIpc) is 2.94. The van der Waals surface area contributed by atoms with Gasteiger partial charge in [-0.2, -0.15) is 4.98 Å². The Morgan fingerprint density at radius 1 is 1.16 bits per heavy atom. The molecule has 43 heavy (non-hydrogen) atoms. The number of likely N-dealkylation sites (tertiary alicyclic amines) is 1. The Bertz CT molecular complexity index is 1670. The number of carbonyl (C=O) groups is 1. The normalized spacial score (nSPS) is 23.4. The number of benzene rings is 1. The van der Waals surface area contributed by atoms with Crippen LogP contribution in [0.15, 0.2) is 49.3 Å². The first kappa shape index (κ1) is 29.3. The van der Waals surface area contributed by atoms with Crippen molar-refractivity contribution < 1.29 is 18.3 Å². The third kappa shape index (κ3) is 5.90. The Morgan fingerprint density at radius 3 is 2.58 bits per heavy atom. The lowest BCUT2D eigenvalue weighted by Crippen LogP contribution is -2.57. The molecular formula is C31H39N7O4S. The maximum Gasteiger partial charge on any atom is 0.246 e. The molecule has 11 nitrogen and oxygen atoms in total. The molecule has 12 heteroatoms. The van der Waals surface area contributed by atoms with Crippen LogP contribution in [0, 0.1) is 5.92 Å². The van der Waals surface area contributed by atoms with Crippen molar-refractivity contribution in [3.63, 3.8) is 0 Å². The largest absolute Gasteiger partial charge is 0.390 e. The molecule has 5 heterocycles. The van der Waals surface area contributed by atoms with Gasteiger partial charge in [0.05, 0.1) is 17.4 Å². The molecule has 6 rings (SSSR count). The lowest BCUT2D eigenvalue weighted by molar-refractivity contribution is -0.133. The second-order valence-electron chi connectivity index (χ2n) is 12.4. The maximum atomic E-state index is 12.5. The topological polar surface area (TPSA) is 132 Å². The zero-order chi connectivity index (χ0) is 30.5. The third-order valence-corrected chi connectivity index (χ3v) is 10.2. The molecular weight excluding hydrogens is 566 g/mol. The van der Waals surface area contributed by atoms with Gasteiger partial charge in [0.2, 0.25) is 11.9 Å². The number of hydrogen-bond donors (Lipinski definition) is 2. The van der Waals surface area contributed by atoms with Crippen LogP contribution in [0.1, 0.15) is 44.7 Å². The third-order valence-electron chi connectivity index (χ3n) is 9.20. The summed E-state index contributed by atoms with van der Waals surface area (Å²) in [5.74, 6) is 1.99. The van der Waals surface area contributed by atoms with Crippen LogP contribution in [0.3, 0.4) is 0 Å². The number of sulfone groups is 1. The van der Waals surface area contributed by atoms with E-state index in [1.54, 1.807) is 12.3 Å². The second-order valence-corrected chi connectivity index (χ2v) is 14.6. The maximum absolute atomic E-state index is 12.5. The zero-order valence-corrected chi connectivity index (χ0v) is 25.7. The highest BCUT2D eigenvalue weighted by atomic mass is 32.2. The fourth-order valence-electron chi connectivity index (χ4n) is 6.42. The van der Waals surface area contributed by atoms with Crippen LogP contribution in [0.25, 0.3) is 10.8 Å². The van der Waals surface area contributed by atoms with Crippen molar-refractivity contribution in [2.24, 2.45) is 5.92 Å². The van der Waals surface area contributed by atoms with E-state index in [0.717, 1.165) is 28.4 Å². The number of pyridine rings is 1. The van der Waals surface area contributed by atoms with Crippen LogP contribution < -0.4 is 15.1 Å². The summed E-state index contributed by atoms with van der Waals surface area (Å²) in [6.07, 6.45) is 8.38. The number of aliphatic hydroxyl groups is 1. The number of carbonyl (C=O) groups excluding carboxylic acids is 1. The van der Waals surface area contributed by atoms with Crippen molar-refractivity contribution in [1.29, 1.82) is 0 Å². The van der Waals surface area contributed by atoms with Crippen molar-refractivity contribution in [2.75, 3.05) is 53.3 Å². The number of amides is 1. The summed E-state index contributed by atoms with van der Waals surface area (Å²) in [6, 6.07) is 7.96. The number of anilines is 4. The SMILES string of the molecule is C=CC(=O)N1CC[C@@H]1c1ccc(N2C[C@H](CS(C)(=O)=O)[C@H]2C)c2cnc(Nc3ccnc(N4CCC(C)(O)CC4)n3)cc12. The molecule has 2 N–H and O–H groups in total. The Kier molecular flexibility index (Phi) is 7.54. The smallest absolute Gasteiger partial charge is 0.246 e. The van der Waals surface area contributed by atoms with Gasteiger partial charge in [-0.3, -0.25) is 4.79 Å². The number of aromatic nitrogens is 3. The van der Waals surface area contributed by atoms with Crippen molar-refractivity contribution >= 4 is 49.8 Å². The van der Waals surface area contributed by atoms with Crippen LogP contribution in [-0.2, 0) is 14.6 Å². The minimum absolute atomic E-state index is 0.0638. The van der Waals surface area contributed by atoms with Gasteiger partial charge in [-0.05, 0) is 68.3 Å². The summed E-state index contributed by atoms with van der Waals surface area (Å²) in [5.41, 5.74) is 1.38. The summed E-state index contributed by atoms with van der Waals surface area (Å²) >= 11 is 0. The van der Waals surface area contributed by atoms with Crippen molar-refractivity contribution in [1.82, 2.24) is 19.9 Å². The van der Waals surface area contributed by atoms with E-state index in [2.05, 4.69) is 45.7 Å². The molecule has 3 saturated heterocycles. The minimum atomic E-state index is -3.06. The number of nitrogens with one attached hydrogen (secondary N) is 1. The molecule has 0 radical (unpaired) electrons. The number of hydrogen-bond acceptors (Lipinski definition) is 10. The second kappa shape index (κ2) is 11.1. The van der Waals surface area contributed by atoms with Gasteiger partial charge in [0.25, 0.3) is 0 Å². The summed E-state index contributed by atoms with van der Waals surface area (Å²) in [7, 11) is -3.06. The predicted molar refractivity (Wildman–Crippen MR) is 168 cm³/mol. The molecule has 3 fully saturated rings. The van der Waals surface area contributed by atoms with E-state index in [1.807, 2.05) is 24.1 Å². The lowest BCUT2D eigenvalue weighted by atomic mass is 9.87. The number of piperidine rings is 1. The zero-order valence-electron chi connectivity index (χ0n) is 24.9. The first-order chi connectivity index (χ1) is 20.4. The van der Waals surface area contributed by atoms with Gasteiger partial charge in [0.15, 0.2) is 0 Å². The van der Waals surface area contributed by atoms with E-state index in [0.29, 0.717) is 56.6 Å². The average molecular weight is 606 g/mol. The van der Waals surface area contributed by atoms with E-state index in [9.17, 15) is 18.3 Å². The molecule has 0 saturated carbocycles. The first-order valence-electron chi connectivity index (χ1n) is 14.8. The standard InChI is InChI=1S/C31H39N7O4S/c1-5-29(39)37-13-9-26(37)22-6-7-25(38-18-21(20(38)2)19-43(4,41)42)24-17-33-28(16-23(22)24)34-27-8-12-32-30(35-27)36-14-10-31(3,40)11-15-36/h5-8,12,16-17,20-21,26,40H,1,9-11,13-15,18-19H2,2-4H3,(H,32,33,34,35)/t20-,21-,26-/m1/s1. The molecule has 3 aromatic rings. The molecule has 0 bridgehead atoms. The molecule has 3 aliphatic heterocycles. The highest BCUT2D eigenvalue weighted by Gasteiger charge is 2.39. The molecule has 1 aromatic carbocycles. The number of fused-ring (bicyclic) bond motifs is 1. The van der Waals surface area contributed by atoms with Gasteiger partial charge in [-0.25, -0.2) is 18.4 Å². The van der Waals surface area contributed by atoms with Crippen LogP contribution in [-0.4, -0.2) is 89.1 Å². The van der Waals surface area contributed by atoms with E-state index in [4.69, 9.17) is 9.97 Å². The molecule has 3 aliphatic rings. The predicted octanol–water partition coefficient (Wildman–Crippen LogP) is 3.45. The quantitative estimate of drug-likeness (QED) is 0.368. The number of rotatable bonds is 8. The van der Waals surface area contributed by atoms with Gasteiger partial charge in [0, 0.05) is 67.9 Å². The van der Waals surface area contributed by atoms with E-state index < -0.39 is 15.4 Å². The molecule has 0 unspecified atom stereocenters. The van der Waals surface area contributed by atoms with Crippen LogP contribution in [0.2, 0.25) is 0 Å². The van der Waals surface area contributed by atoms with Crippen LogP contribution in [0.5, 0.6) is 0 Å². The molecule has 228 valence electrons. The van der Waals surface area contributed by atoms with Gasteiger partial charge < -0.3 is 25.1 Å². The summed E-state index contributed by atoms with van der Waals surface area (Å²) in [5, 5.41) is 15.6. The summed E-state index contributed by atoms with van der Waals surface area (Å²) in [4.78, 5) is 32.6. The highest BCUT2D eigenvalue weighted by Crippen LogP contribution is 2.43. The van der Waals surface area contributed by atoms with Crippen molar-refractivity contribution in [2.45, 2.75) is 50.8 Å². The van der Waals surface area contributed by atoms with E-state index >= 15 is 0 Å². The van der Waals surface area contributed by atoms with Gasteiger partial charge in [-0.1, -0.05) is 12.6 Å². The molecule has 2 aromatic heterocycles. The minimum Gasteiger partial charge on any atom is -0.390 e. The molecule has 3 atom stereocenters. The van der Waals surface area contributed by atoms with Gasteiger partial charge >= 0.3 is 0 Å². The fraction of sp³-hybridized carbons (Fsp3) is 0.484. The lowest BCUT2D eigenvalue weighted by Gasteiger charge is -2.48. The van der Waals surface area contributed by atoms with E-state index in [-0.39, 0.29) is 29.7 Å². The molecule has 1 amide bonds. The Balaban J connectivity index is 1.32. The van der Waals surface area contributed by atoms with Crippen molar-refractivity contribution in [3.8, 4) is 0 Å². The molecule has 0 spiro atoms. The van der Waals surface area contributed by atoms with Gasteiger partial charge in [0.1, 0.15) is 21.5 Å². The van der Waals surface area contributed by atoms with Crippen LogP contribution in [0.4, 0.5) is 23.3 Å². The molecule has 0 aliphatic carbocycles. The van der Waals surface area contributed by atoms with Crippen LogP contribution >= 0.6 is 0 Å². The van der Waals surface area contributed by atoms with Crippen molar-refractivity contribution in [3.05, 3.63) is 54.9 Å². The Morgan fingerprint density at radius 2 is 1.93 bits per heavy atom. The summed E-state index contributed by atoms with van der Waals surface area (Å²) in [6.45, 7) is 10.3. The highest BCUT2D eigenvalue weighted by molar-refractivity contribution is 7.90. The van der Waals surface area contributed by atoms with Gasteiger partial charge in [-0.15, -0.1) is 0 Å². The fourth-order valence-corrected chi connectivity index (χ4v) is 7.59. The van der Waals surface area contributed by atoms with E-state index in [1.165, 1.54) is 12.3 Å². The Labute approximate surface area is 252 Å².